The average Bonchev–Trinajstić information content (AvgIpc) is 3.08. The minimum atomic E-state index is -0.554. The van der Waals surface area contributed by atoms with E-state index in [4.69, 9.17) is 34.0 Å². The van der Waals surface area contributed by atoms with Crippen molar-refractivity contribution in [1.82, 2.24) is 10.2 Å². The van der Waals surface area contributed by atoms with E-state index < -0.39 is 6.03 Å². The lowest BCUT2D eigenvalue weighted by Crippen LogP contribution is -2.49. The van der Waals surface area contributed by atoms with Crippen LogP contribution in [0, 0.1) is 0 Å². The Bertz CT molecular complexity index is 865. The number of quaternary nitrogens is 1. The number of hydrogen-bond donors (Lipinski definition) is 2. The fourth-order valence-electron chi connectivity index (χ4n) is 4.73. The summed E-state index contributed by atoms with van der Waals surface area (Å²) >= 11 is 12.6. The van der Waals surface area contributed by atoms with Crippen molar-refractivity contribution in [2.45, 2.75) is 25.7 Å². The lowest BCUT2D eigenvalue weighted by Gasteiger charge is -2.38. The third-order valence-corrected chi connectivity index (χ3v) is 7.05. The molecular weight excluding hydrogens is 423 g/mol. The minimum Gasteiger partial charge on any atom is -0.368 e. The smallest absolute Gasteiger partial charge is 0.317 e. The molecule has 7 nitrogen and oxygen atoms in total. The number of rotatable bonds is 5. The second-order valence-electron chi connectivity index (χ2n) is 8.19. The number of anilines is 1. The summed E-state index contributed by atoms with van der Waals surface area (Å²) in [6.07, 6.45) is 6.44. The van der Waals surface area contributed by atoms with E-state index in [0.717, 1.165) is 70.8 Å². The van der Waals surface area contributed by atoms with E-state index in [1.54, 1.807) is 0 Å². The molecule has 2 amide bonds. The van der Waals surface area contributed by atoms with Crippen molar-refractivity contribution in [3.63, 3.8) is 0 Å². The molecular formula is C21H29Cl2N6O+. The Labute approximate surface area is 187 Å². The number of benzene rings is 1. The predicted molar refractivity (Wildman–Crippen MR) is 122 cm³/mol. The standard InChI is InChI=1S/C21H28Cl2N6O/c22-17-6-3-7-18(20(17)23)28-11-9-27(10-12-28)8-4-14-29-13-2-1-5-16(29)15-19(26-29)25-21(24)30/h3,6-7,15H,1-2,4-5,8-14H2,(H2-,24,25,26,30)/p+1. The number of nitrogens with one attached hydrogen (secondary N) is 1. The number of carbonyl (C=O) groups excluding carboxylic acids is 1. The molecule has 3 heterocycles. The van der Waals surface area contributed by atoms with Gasteiger partial charge in [0.05, 0.1) is 15.7 Å². The van der Waals surface area contributed by atoms with E-state index in [2.05, 4.69) is 15.1 Å². The summed E-state index contributed by atoms with van der Waals surface area (Å²) in [7, 11) is 0. The molecule has 3 aliphatic heterocycles. The van der Waals surface area contributed by atoms with Gasteiger partial charge >= 0.3 is 6.03 Å². The highest BCUT2D eigenvalue weighted by molar-refractivity contribution is 6.43. The van der Waals surface area contributed by atoms with E-state index >= 15 is 0 Å². The molecule has 0 radical (unpaired) electrons. The van der Waals surface area contributed by atoms with Crippen LogP contribution in [0.25, 0.3) is 0 Å². The molecule has 162 valence electrons. The zero-order chi connectivity index (χ0) is 21.1. The molecule has 1 unspecified atom stereocenters. The van der Waals surface area contributed by atoms with Crippen molar-refractivity contribution < 1.29 is 9.39 Å². The van der Waals surface area contributed by atoms with Crippen molar-refractivity contribution in [2.24, 2.45) is 10.8 Å². The molecule has 2 saturated heterocycles. The normalized spacial score (nSPS) is 24.3. The van der Waals surface area contributed by atoms with E-state index in [1.165, 1.54) is 12.1 Å². The molecule has 1 aromatic rings. The average molecular weight is 452 g/mol. The summed E-state index contributed by atoms with van der Waals surface area (Å²) < 4.78 is 0.633. The Morgan fingerprint density at radius 2 is 2.00 bits per heavy atom. The van der Waals surface area contributed by atoms with Gasteiger partial charge in [0.2, 0.25) is 0 Å². The quantitative estimate of drug-likeness (QED) is 0.673. The molecule has 0 spiro atoms. The molecule has 0 aliphatic carbocycles. The Morgan fingerprint density at radius 1 is 1.20 bits per heavy atom. The Balaban J connectivity index is 1.30. The van der Waals surface area contributed by atoms with Gasteiger partial charge in [0, 0.05) is 51.6 Å². The molecule has 30 heavy (non-hydrogen) atoms. The maximum Gasteiger partial charge on any atom is 0.317 e. The fourth-order valence-corrected chi connectivity index (χ4v) is 5.14. The number of allylic oxidation sites excluding steroid dienone is 1. The first-order valence-corrected chi connectivity index (χ1v) is 11.4. The highest BCUT2D eigenvalue weighted by Crippen LogP contribution is 2.35. The van der Waals surface area contributed by atoms with Gasteiger partial charge < -0.3 is 10.6 Å². The van der Waals surface area contributed by atoms with Gasteiger partial charge in [0.25, 0.3) is 0 Å². The number of nitrogens with two attached hydrogens (primary N) is 1. The van der Waals surface area contributed by atoms with Crippen LogP contribution in [0.4, 0.5) is 10.5 Å². The van der Waals surface area contributed by atoms with Crippen LogP contribution in [0.2, 0.25) is 10.0 Å². The first-order valence-electron chi connectivity index (χ1n) is 10.6. The van der Waals surface area contributed by atoms with Crippen LogP contribution < -0.4 is 16.0 Å². The third-order valence-electron chi connectivity index (χ3n) is 6.25. The van der Waals surface area contributed by atoms with Crippen molar-refractivity contribution in [1.29, 1.82) is 0 Å². The summed E-state index contributed by atoms with van der Waals surface area (Å²) in [6.45, 7) is 6.88. The van der Waals surface area contributed by atoms with Gasteiger partial charge in [-0.15, -0.1) is 0 Å². The maximum atomic E-state index is 11.2. The number of nitrogens with zero attached hydrogens (tertiary/aromatic N) is 4. The number of halogens is 2. The number of primary amides is 1. The van der Waals surface area contributed by atoms with Crippen LogP contribution >= 0.6 is 23.2 Å². The number of amides is 2. The molecule has 4 rings (SSSR count). The second kappa shape index (κ2) is 9.14. The molecule has 3 aliphatic rings. The van der Waals surface area contributed by atoms with Crippen molar-refractivity contribution in [3.8, 4) is 0 Å². The third kappa shape index (κ3) is 4.59. The first-order chi connectivity index (χ1) is 14.5. The largest absolute Gasteiger partial charge is 0.368 e. The summed E-state index contributed by atoms with van der Waals surface area (Å²) in [4.78, 5) is 16.0. The number of hydrogen-bond acceptors (Lipinski definition) is 4. The minimum absolute atomic E-state index is 0.554. The van der Waals surface area contributed by atoms with Crippen LogP contribution in [0.15, 0.2) is 35.1 Å². The van der Waals surface area contributed by atoms with Crippen molar-refractivity contribution >= 4 is 40.8 Å². The lowest BCUT2D eigenvalue weighted by molar-refractivity contribution is -0.901. The van der Waals surface area contributed by atoms with Crippen LogP contribution in [0.1, 0.15) is 25.7 Å². The number of piperidine rings is 1. The number of urea groups is 1. The predicted octanol–water partition coefficient (Wildman–Crippen LogP) is 3.39. The van der Waals surface area contributed by atoms with Crippen LogP contribution in [-0.2, 0) is 0 Å². The number of fused-ring (bicyclic) bond motifs is 1. The summed E-state index contributed by atoms with van der Waals surface area (Å²) in [5, 5.41) is 8.72. The summed E-state index contributed by atoms with van der Waals surface area (Å²) in [5.41, 5.74) is 7.60. The summed E-state index contributed by atoms with van der Waals surface area (Å²) in [6, 6.07) is 5.26. The number of carbonyl (C=O) groups is 1. The zero-order valence-corrected chi connectivity index (χ0v) is 18.6. The van der Waals surface area contributed by atoms with Gasteiger partial charge in [0.15, 0.2) is 5.84 Å². The van der Waals surface area contributed by atoms with Gasteiger partial charge in [-0.2, -0.15) is 4.59 Å². The molecule has 9 heteroatoms. The Hall–Kier alpha value is -1.80. The summed E-state index contributed by atoms with van der Waals surface area (Å²) in [5.74, 6) is 0.603. The molecule has 1 atom stereocenters. The van der Waals surface area contributed by atoms with Gasteiger partial charge in [-0.25, -0.2) is 4.79 Å². The molecule has 0 saturated carbocycles. The lowest BCUT2D eigenvalue weighted by atomic mass is 10.1. The van der Waals surface area contributed by atoms with Crippen molar-refractivity contribution in [2.75, 3.05) is 50.7 Å². The fraction of sp³-hybridized carbons (Fsp3) is 0.524. The van der Waals surface area contributed by atoms with Gasteiger partial charge in [-0.05, 0) is 25.0 Å². The topological polar surface area (TPSA) is 74.0 Å². The van der Waals surface area contributed by atoms with E-state index in [0.29, 0.717) is 20.5 Å². The first kappa shape index (κ1) is 21.4. The Morgan fingerprint density at radius 3 is 2.77 bits per heavy atom. The highest BCUT2D eigenvalue weighted by atomic mass is 35.5. The van der Waals surface area contributed by atoms with Gasteiger partial charge in [0.1, 0.15) is 18.8 Å². The molecule has 1 aromatic carbocycles. The van der Waals surface area contributed by atoms with Gasteiger partial charge in [-0.1, -0.05) is 34.4 Å². The van der Waals surface area contributed by atoms with E-state index in [1.807, 2.05) is 24.3 Å². The second-order valence-corrected chi connectivity index (χ2v) is 8.98. The molecule has 2 fully saturated rings. The number of piperazine rings is 1. The molecule has 0 aromatic heterocycles. The highest BCUT2D eigenvalue weighted by Gasteiger charge is 2.40. The van der Waals surface area contributed by atoms with Gasteiger partial charge in [-0.3, -0.25) is 10.2 Å². The van der Waals surface area contributed by atoms with E-state index in [-0.39, 0.29) is 0 Å². The van der Waals surface area contributed by atoms with Crippen LogP contribution in [0.5, 0.6) is 0 Å². The monoisotopic (exact) mass is 451 g/mol. The zero-order valence-electron chi connectivity index (χ0n) is 17.1. The molecule has 0 bridgehead atoms. The molecule has 3 N–H and O–H groups in total. The van der Waals surface area contributed by atoms with Crippen molar-refractivity contribution in [3.05, 3.63) is 40.0 Å². The SMILES string of the molecule is NC(=O)NC1=N[N+]2(CCCN3CCN(c4cccc(Cl)c4Cl)CC3)CCCCC2=C1. The van der Waals surface area contributed by atoms with Crippen LogP contribution in [0.3, 0.4) is 0 Å². The van der Waals surface area contributed by atoms with Crippen LogP contribution in [-0.4, -0.2) is 67.2 Å². The number of amidine groups is 1. The van der Waals surface area contributed by atoms with E-state index in [9.17, 15) is 4.79 Å². The maximum absolute atomic E-state index is 11.2. The Kier molecular flexibility index (Phi) is 6.53.